The maximum atomic E-state index is 13.1. The second-order valence-corrected chi connectivity index (χ2v) is 6.89. The summed E-state index contributed by atoms with van der Waals surface area (Å²) in [7, 11) is 0. The lowest BCUT2D eigenvalue weighted by molar-refractivity contribution is -0.137. The molecule has 130 valence electrons. The number of benzene rings is 2. The number of halogens is 5. The summed E-state index contributed by atoms with van der Waals surface area (Å²) < 4.78 is 40.3. The quantitative estimate of drug-likeness (QED) is 0.514. The van der Waals surface area contributed by atoms with Gasteiger partial charge in [-0.25, -0.2) is 0 Å². The Hall–Kier alpha value is -1.20. The molecule has 0 fully saturated rings. The lowest BCUT2D eigenvalue weighted by Crippen LogP contribution is -2.27. The molecule has 1 unspecified atom stereocenters. The molecule has 0 bridgehead atoms. The first kappa shape index (κ1) is 19.1. The van der Waals surface area contributed by atoms with E-state index in [1.165, 1.54) is 6.07 Å². The molecule has 0 N–H and O–H groups in total. The molecule has 1 atom stereocenters. The minimum atomic E-state index is -4.47. The lowest BCUT2D eigenvalue weighted by atomic mass is 10.0. The van der Waals surface area contributed by atoms with Gasteiger partial charge < -0.3 is 4.90 Å². The normalized spacial score (nSPS) is 13.0. The summed E-state index contributed by atoms with van der Waals surface area (Å²) in [6.07, 6.45) is -4.47. The van der Waals surface area contributed by atoms with E-state index >= 15 is 0 Å². The lowest BCUT2D eigenvalue weighted by Gasteiger charge is -2.31. The van der Waals surface area contributed by atoms with Crippen LogP contribution in [0.25, 0.3) is 0 Å². The number of alkyl halides is 3. The molecule has 0 aliphatic rings. The van der Waals surface area contributed by atoms with Gasteiger partial charge in [0.15, 0.2) is 0 Å². The highest BCUT2D eigenvalue weighted by molar-refractivity contribution is 9.10. The maximum absolute atomic E-state index is 13.1. The molecule has 0 saturated heterocycles. The van der Waals surface area contributed by atoms with Gasteiger partial charge in [0.1, 0.15) is 0 Å². The van der Waals surface area contributed by atoms with Gasteiger partial charge in [0.05, 0.1) is 16.6 Å². The zero-order chi connectivity index (χ0) is 18.1. The Kier molecular flexibility index (Phi) is 5.87. The van der Waals surface area contributed by atoms with Crippen LogP contribution in [0.1, 0.15) is 36.6 Å². The van der Waals surface area contributed by atoms with Gasteiger partial charge >= 0.3 is 6.18 Å². The SMILES string of the molecule is CCN(c1ccc(Cl)c(C(F)(F)F)c1)C(C)c1ccc(C)c(Br)c1. The number of rotatable bonds is 4. The van der Waals surface area contributed by atoms with Gasteiger partial charge in [-0.15, -0.1) is 0 Å². The summed E-state index contributed by atoms with van der Waals surface area (Å²) in [5.74, 6) is 0. The summed E-state index contributed by atoms with van der Waals surface area (Å²) in [6.45, 7) is 6.46. The summed E-state index contributed by atoms with van der Waals surface area (Å²) >= 11 is 9.22. The van der Waals surface area contributed by atoms with Crippen molar-refractivity contribution in [1.82, 2.24) is 0 Å². The number of nitrogens with zero attached hydrogens (tertiary/aromatic N) is 1. The monoisotopic (exact) mass is 419 g/mol. The second-order valence-electron chi connectivity index (χ2n) is 5.63. The molecular weight excluding hydrogens is 403 g/mol. The molecule has 0 aromatic heterocycles. The van der Waals surface area contributed by atoms with Gasteiger partial charge in [-0.1, -0.05) is 39.7 Å². The van der Waals surface area contributed by atoms with Crippen LogP contribution in [0, 0.1) is 6.92 Å². The van der Waals surface area contributed by atoms with E-state index in [4.69, 9.17) is 11.6 Å². The van der Waals surface area contributed by atoms with Crippen LogP contribution in [0.2, 0.25) is 5.02 Å². The molecule has 0 aliphatic heterocycles. The predicted octanol–water partition coefficient (Wildman–Crippen LogP) is 7.02. The van der Waals surface area contributed by atoms with Crippen LogP contribution in [-0.2, 0) is 6.18 Å². The summed E-state index contributed by atoms with van der Waals surface area (Å²) in [5.41, 5.74) is 1.83. The molecule has 2 aromatic carbocycles. The van der Waals surface area contributed by atoms with Crippen LogP contribution in [0.4, 0.5) is 18.9 Å². The third kappa shape index (κ3) is 4.06. The fourth-order valence-corrected chi connectivity index (χ4v) is 3.26. The highest BCUT2D eigenvalue weighted by atomic mass is 79.9. The van der Waals surface area contributed by atoms with Gasteiger partial charge in [-0.3, -0.25) is 0 Å². The van der Waals surface area contributed by atoms with Crippen LogP contribution < -0.4 is 4.90 Å². The van der Waals surface area contributed by atoms with Crippen molar-refractivity contribution in [2.45, 2.75) is 33.0 Å². The smallest absolute Gasteiger partial charge is 0.365 e. The first-order valence-electron chi connectivity index (χ1n) is 7.54. The molecule has 0 saturated carbocycles. The second kappa shape index (κ2) is 7.36. The van der Waals surface area contributed by atoms with Gasteiger partial charge in [-0.05, 0) is 56.2 Å². The Labute approximate surface area is 153 Å². The molecule has 0 aliphatic carbocycles. The summed E-state index contributed by atoms with van der Waals surface area (Å²) in [6, 6.07) is 9.96. The molecule has 0 radical (unpaired) electrons. The van der Waals surface area contributed by atoms with Crippen molar-refractivity contribution in [1.29, 1.82) is 0 Å². The Morgan fingerprint density at radius 3 is 2.38 bits per heavy atom. The average Bonchev–Trinajstić information content (AvgIpc) is 2.51. The first-order valence-corrected chi connectivity index (χ1v) is 8.71. The van der Waals surface area contributed by atoms with Gasteiger partial charge in [0.25, 0.3) is 0 Å². The van der Waals surface area contributed by atoms with Crippen LogP contribution in [-0.4, -0.2) is 6.54 Å². The highest BCUT2D eigenvalue weighted by Gasteiger charge is 2.34. The molecule has 6 heteroatoms. The summed E-state index contributed by atoms with van der Waals surface area (Å²) in [4.78, 5) is 1.92. The summed E-state index contributed by atoms with van der Waals surface area (Å²) in [5, 5.41) is -0.284. The van der Waals surface area contributed by atoms with Crippen LogP contribution in [0.5, 0.6) is 0 Å². The third-order valence-corrected chi connectivity index (χ3v) is 5.26. The van der Waals surface area contributed by atoms with Crippen molar-refractivity contribution in [3.05, 3.63) is 62.6 Å². The molecule has 0 amide bonds. The number of hydrogen-bond donors (Lipinski definition) is 0. The van der Waals surface area contributed by atoms with Gasteiger partial charge in [0.2, 0.25) is 0 Å². The van der Waals surface area contributed by atoms with E-state index in [9.17, 15) is 13.2 Å². The largest absolute Gasteiger partial charge is 0.417 e. The van der Waals surface area contributed by atoms with E-state index in [0.717, 1.165) is 21.7 Å². The number of hydrogen-bond acceptors (Lipinski definition) is 1. The van der Waals surface area contributed by atoms with Crippen LogP contribution >= 0.6 is 27.5 Å². The molecule has 0 heterocycles. The van der Waals surface area contributed by atoms with E-state index in [2.05, 4.69) is 15.9 Å². The van der Waals surface area contributed by atoms with Crippen LogP contribution in [0.3, 0.4) is 0 Å². The number of anilines is 1. The maximum Gasteiger partial charge on any atom is 0.417 e. The molecule has 2 aromatic rings. The number of aryl methyl sites for hydroxylation is 1. The van der Waals surface area contributed by atoms with Crippen molar-refractivity contribution >= 4 is 33.2 Å². The fourth-order valence-electron chi connectivity index (χ4n) is 2.64. The van der Waals surface area contributed by atoms with E-state index < -0.39 is 11.7 Å². The highest BCUT2D eigenvalue weighted by Crippen LogP contribution is 2.38. The van der Waals surface area contributed by atoms with Crippen molar-refractivity contribution < 1.29 is 13.2 Å². The van der Waals surface area contributed by atoms with E-state index in [1.807, 2.05) is 43.9 Å². The van der Waals surface area contributed by atoms with E-state index in [-0.39, 0.29) is 11.1 Å². The molecule has 0 spiro atoms. The molecule has 2 rings (SSSR count). The van der Waals surface area contributed by atoms with Crippen molar-refractivity contribution in [2.24, 2.45) is 0 Å². The zero-order valence-corrected chi connectivity index (χ0v) is 15.9. The Morgan fingerprint density at radius 2 is 1.83 bits per heavy atom. The minimum Gasteiger partial charge on any atom is -0.365 e. The minimum absolute atomic E-state index is 0.0749. The first-order chi connectivity index (χ1) is 11.1. The third-order valence-electron chi connectivity index (χ3n) is 4.07. The predicted molar refractivity (Wildman–Crippen MR) is 96.8 cm³/mol. The molecular formula is C18H18BrClF3N. The topological polar surface area (TPSA) is 3.24 Å². The van der Waals surface area contributed by atoms with Gasteiger partial charge in [-0.2, -0.15) is 13.2 Å². The van der Waals surface area contributed by atoms with Crippen molar-refractivity contribution in [3.63, 3.8) is 0 Å². The average molecular weight is 421 g/mol. The molecule has 24 heavy (non-hydrogen) atoms. The van der Waals surface area contributed by atoms with Crippen molar-refractivity contribution in [3.8, 4) is 0 Å². The van der Waals surface area contributed by atoms with E-state index in [0.29, 0.717) is 12.2 Å². The Morgan fingerprint density at radius 1 is 1.17 bits per heavy atom. The molecule has 1 nitrogen and oxygen atoms in total. The van der Waals surface area contributed by atoms with E-state index in [1.54, 1.807) is 6.07 Å². The van der Waals surface area contributed by atoms with Crippen LogP contribution in [0.15, 0.2) is 40.9 Å². The zero-order valence-electron chi connectivity index (χ0n) is 13.6. The Bertz CT molecular complexity index is 731. The Balaban J connectivity index is 2.42. The fraction of sp³-hybridized carbons (Fsp3) is 0.333. The van der Waals surface area contributed by atoms with Gasteiger partial charge in [0, 0.05) is 16.7 Å². The van der Waals surface area contributed by atoms with Crippen molar-refractivity contribution in [2.75, 3.05) is 11.4 Å². The standard InChI is InChI=1S/C18H18BrClF3N/c1-4-24(12(3)13-6-5-11(2)16(19)9-13)14-7-8-17(20)15(10-14)18(21,22)23/h5-10,12H,4H2,1-3H3.